The lowest BCUT2D eigenvalue weighted by Gasteiger charge is -2.14. The standard InChI is InChI=1S/C13H14BrNO2/c1-7-5-9-11(16)8(2)13(15(3)4)17-12(9)10(14)6-7/h5-6H,1-4H3. The third-order valence-corrected chi connectivity index (χ3v) is 3.29. The van der Waals surface area contributed by atoms with Crippen molar-refractivity contribution in [2.75, 3.05) is 19.0 Å². The fourth-order valence-electron chi connectivity index (χ4n) is 1.90. The highest BCUT2D eigenvalue weighted by Crippen LogP contribution is 2.28. The molecule has 0 bridgehead atoms. The molecular weight excluding hydrogens is 282 g/mol. The zero-order chi connectivity index (χ0) is 12.7. The van der Waals surface area contributed by atoms with E-state index in [0.717, 1.165) is 10.0 Å². The van der Waals surface area contributed by atoms with Crippen molar-refractivity contribution < 1.29 is 4.42 Å². The molecule has 0 aliphatic carbocycles. The van der Waals surface area contributed by atoms with Crippen LogP contribution in [0.25, 0.3) is 11.0 Å². The fourth-order valence-corrected chi connectivity index (χ4v) is 2.56. The molecule has 90 valence electrons. The van der Waals surface area contributed by atoms with Crippen LogP contribution in [0.15, 0.2) is 25.8 Å². The zero-order valence-electron chi connectivity index (χ0n) is 10.3. The van der Waals surface area contributed by atoms with E-state index in [-0.39, 0.29) is 5.43 Å². The monoisotopic (exact) mass is 295 g/mol. The Balaban J connectivity index is 2.96. The van der Waals surface area contributed by atoms with Crippen LogP contribution < -0.4 is 10.3 Å². The van der Waals surface area contributed by atoms with Gasteiger partial charge >= 0.3 is 0 Å². The molecule has 0 aliphatic rings. The van der Waals surface area contributed by atoms with Crippen molar-refractivity contribution in [3.63, 3.8) is 0 Å². The molecule has 17 heavy (non-hydrogen) atoms. The van der Waals surface area contributed by atoms with Crippen LogP contribution in [0.1, 0.15) is 11.1 Å². The molecule has 3 nitrogen and oxygen atoms in total. The van der Waals surface area contributed by atoms with Gasteiger partial charge in [0.05, 0.1) is 15.4 Å². The Morgan fingerprint density at radius 1 is 1.24 bits per heavy atom. The Morgan fingerprint density at radius 3 is 2.47 bits per heavy atom. The summed E-state index contributed by atoms with van der Waals surface area (Å²) in [6, 6.07) is 3.80. The first-order valence-corrected chi connectivity index (χ1v) is 6.12. The van der Waals surface area contributed by atoms with E-state index in [9.17, 15) is 4.79 Å². The number of aryl methyl sites for hydroxylation is 1. The number of nitrogens with zero attached hydrogens (tertiary/aromatic N) is 1. The van der Waals surface area contributed by atoms with Gasteiger partial charge < -0.3 is 9.32 Å². The van der Waals surface area contributed by atoms with Crippen LogP contribution in [0, 0.1) is 13.8 Å². The number of rotatable bonds is 1. The molecule has 1 aromatic heterocycles. The molecule has 0 unspecified atom stereocenters. The van der Waals surface area contributed by atoms with Crippen molar-refractivity contribution in [1.29, 1.82) is 0 Å². The summed E-state index contributed by atoms with van der Waals surface area (Å²) in [7, 11) is 3.72. The highest BCUT2D eigenvalue weighted by Gasteiger charge is 2.14. The molecule has 0 radical (unpaired) electrons. The van der Waals surface area contributed by atoms with Crippen molar-refractivity contribution in [2.45, 2.75) is 13.8 Å². The molecule has 2 rings (SSSR count). The second-order valence-electron chi connectivity index (χ2n) is 4.38. The van der Waals surface area contributed by atoms with Gasteiger partial charge in [-0.3, -0.25) is 4.79 Å². The fraction of sp³-hybridized carbons (Fsp3) is 0.308. The Hall–Kier alpha value is -1.29. The maximum Gasteiger partial charge on any atom is 0.202 e. The summed E-state index contributed by atoms with van der Waals surface area (Å²) in [6.07, 6.45) is 0. The molecule has 0 saturated heterocycles. The summed E-state index contributed by atoms with van der Waals surface area (Å²) in [5.74, 6) is 0.604. The van der Waals surface area contributed by atoms with E-state index in [1.54, 1.807) is 6.92 Å². The number of anilines is 1. The van der Waals surface area contributed by atoms with Crippen LogP contribution in [0.4, 0.5) is 5.88 Å². The van der Waals surface area contributed by atoms with Gasteiger partial charge in [-0.2, -0.15) is 0 Å². The number of hydrogen-bond donors (Lipinski definition) is 0. The summed E-state index contributed by atoms with van der Waals surface area (Å²) < 4.78 is 6.61. The third kappa shape index (κ3) is 1.97. The Labute approximate surface area is 108 Å². The highest BCUT2D eigenvalue weighted by molar-refractivity contribution is 9.10. The number of fused-ring (bicyclic) bond motifs is 1. The molecular formula is C13H14BrNO2. The Morgan fingerprint density at radius 2 is 1.88 bits per heavy atom. The van der Waals surface area contributed by atoms with E-state index in [4.69, 9.17) is 4.42 Å². The van der Waals surface area contributed by atoms with Crippen molar-refractivity contribution in [2.24, 2.45) is 0 Å². The molecule has 0 saturated carbocycles. The van der Waals surface area contributed by atoms with E-state index in [0.29, 0.717) is 22.4 Å². The second kappa shape index (κ2) is 4.18. The Bertz CT molecular complexity index is 644. The van der Waals surface area contributed by atoms with Gasteiger partial charge in [0.25, 0.3) is 0 Å². The van der Waals surface area contributed by atoms with Gasteiger partial charge in [0, 0.05) is 14.1 Å². The molecule has 0 atom stereocenters. The average molecular weight is 296 g/mol. The summed E-state index contributed by atoms with van der Waals surface area (Å²) >= 11 is 3.44. The quantitative estimate of drug-likeness (QED) is 0.810. The topological polar surface area (TPSA) is 33.5 Å². The predicted octanol–water partition coefficient (Wildman–Crippen LogP) is 3.24. The van der Waals surface area contributed by atoms with Crippen LogP contribution in [-0.2, 0) is 0 Å². The smallest absolute Gasteiger partial charge is 0.202 e. The second-order valence-corrected chi connectivity index (χ2v) is 5.23. The van der Waals surface area contributed by atoms with Crippen molar-refractivity contribution in [3.05, 3.63) is 38.0 Å². The minimum Gasteiger partial charge on any atom is -0.439 e. The van der Waals surface area contributed by atoms with Crippen molar-refractivity contribution >= 4 is 32.8 Å². The van der Waals surface area contributed by atoms with Crippen molar-refractivity contribution in [3.8, 4) is 0 Å². The van der Waals surface area contributed by atoms with Gasteiger partial charge in [-0.1, -0.05) is 0 Å². The SMILES string of the molecule is Cc1cc(Br)c2oc(N(C)C)c(C)c(=O)c2c1. The number of benzene rings is 1. The summed E-state index contributed by atoms with van der Waals surface area (Å²) in [5, 5.41) is 0.625. The first kappa shape index (κ1) is 12.2. The normalized spacial score (nSPS) is 10.9. The van der Waals surface area contributed by atoms with E-state index >= 15 is 0 Å². The molecule has 0 aliphatic heterocycles. The first-order chi connectivity index (χ1) is 7.91. The van der Waals surface area contributed by atoms with E-state index in [2.05, 4.69) is 15.9 Å². The molecule has 0 amide bonds. The minimum absolute atomic E-state index is 0.0272. The van der Waals surface area contributed by atoms with Crippen molar-refractivity contribution in [1.82, 2.24) is 0 Å². The first-order valence-electron chi connectivity index (χ1n) is 5.32. The van der Waals surface area contributed by atoms with E-state index < -0.39 is 0 Å². The lowest BCUT2D eigenvalue weighted by Crippen LogP contribution is -2.16. The zero-order valence-corrected chi connectivity index (χ0v) is 11.9. The summed E-state index contributed by atoms with van der Waals surface area (Å²) in [6.45, 7) is 3.75. The molecule has 0 N–H and O–H groups in total. The Kier molecular flexibility index (Phi) is 3.00. The van der Waals surface area contributed by atoms with Gasteiger partial charge in [0.1, 0.15) is 0 Å². The molecule has 2 aromatic rings. The van der Waals surface area contributed by atoms with Gasteiger partial charge in [-0.15, -0.1) is 0 Å². The summed E-state index contributed by atoms with van der Waals surface area (Å²) in [4.78, 5) is 14.1. The molecule has 0 fully saturated rings. The summed E-state index contributed by atoms with van der Waals surface area (Å²) in [5.41, 5.74) is 2.31. The average Bonchev–Trinajstić information content (AvgIpc) is 2.23. The largest absolute Gasteiger partial charge is 0.439 e. The third-order valence-electron chi connectivity index (χ3n) is 2.70. The maximum absolute atomic E-state index is 12.3. The van der Waals surface area contributed by atoms with Crippen LogP contribution in [-0.4, -0.2) is 14.1 Å². The molecule has 0 spiro atoms. The van der Waals surface area contributed by atoms with E-state index in [1.165, 1.54) is 0 Å². The highest BCUT2D eigenvalue weighted by atomic mass is 79.9. The number of halogens is 1. The van der Waals surface area contributed by atoms with Crippen LogP contribution >= 0.6 is 15.9 Å². The maximum atomic E-state index is 12.3. The lowest BCUT2D eigenvalue weighted by atomic mass is 10.1. The number of hydrogen-bond acceptors (Lipinski definition) is 3. The van der Waals surface area contributed by atoms with Gasteiger partial charge in [-0.05, 0) is 47.5 Å². The van der Waals surface area contributed by atoms with Crippen LogP contribution in [0.5, 0.6) is 0 Å². The van der Waals surface area contributed by atoms with Crippen LogP contribution in [0.3, 0.4) is 0 Å². The molecule has 1 aromatic carbocycles. The molecule has 4 heteroatoms. The lowest BCUT2D eigenvalue weighted by molar-refractivity contribution is 0.590. The van der Waals surface area contributed by atoms with Gasteiger partial charge in [-0.25, -0.2) is 0 Å². The molecule has 1 heterocycles. The minimum atomic E-state index is 0.0272. The van der Waals surface area contributed by atoms with Gasteiger partial charge in [0.2, 0.25) is 5.88 Å². The van der Waals surface area contributed by atoms with Gasteiger partial charge in [0.15, 0.2) is 11.0 Å². The van der Waals surface area contributed by atoms with E-state index in [1.807, 2.05) is 38.1 Å². The predicted molar refractivity (Wildman–Crippen MR) is 74.0 cm³/mol. The van der Waals surface area contributed by atoms with Crippen LogP contribution in [0.2, 0.25) is 0 Å².